The van der Waals surface area contributed by atoms with Gasteiger partial charge < -0.3 is 4.74 Å². The van der Waals surface area contributed by atoms with Gasteiger partial charge in [-0.25, -0.2) is 16.8 Å². The smallest absolute Gasteiger partial charge is 0.319 e. The maximum absolute atomic E-state index is 11.9. The molecule has 0 bridgehead atoms. The van der Waals surface area contributed by atoms with Crippen LogP contribution >= 0.6 is 0 Å². The van der Waals surface area contributed by atoms with Gasteiger partial charge in [0, 0.05) is 6.26 Å². The summed E-state index contributed by atoms with van der Waals surface area (Å²) in [5.74, 6) is -3.69. The molecule has 0 aliphatic carbocycles. The zero-order valence-corrected chi connectivity index (χ0v) is 13.6. The number of esters is 1. The molecule has 0 atom stereocenters. The number of rotatable bonds is 8. The van der Waals surface area contributed by atoms with E-state index in [1.54, 1.807) is 6.92 Å². The molecule has 0 unspecified atom stereocenters. The Morgan fingerprint density at radius 1 is 1.05 bits per heavy atom. The molecule has 0 spiro atoms. The molecule has 0 heterocycles. The first-order valence-corrected chi connectivity index (χ1v) is 9.78. The molecule has 7 nitrogen and oxygen atoms in total. The fourth-order valence-corrected chi connectivity index (χ4v) is 4.29. The topological polar surface area (TPSA) is 112 Å². The predicted octanol–water partition coefficient (Wildman–Crippen LogP) is -0.396. The van der Waals surface area contributed by atoms with Gasteiger partial charge in [-0.2, -0.15) is 0 Å². The maximum Gasteiger partial charge on any atom is 0.319 e. The molecule has 0 saturated carbocycles. The number of sulfone groups is 2. The summed E-state index contributed by atoms with van der Waals surface area (Å²) >= 11 is 0. The number of ether oxygens (including phenoxy) is 1. The van der Waals surface area contributed by atoms with Crippen molar-refractivity contribution in [2.24, 2.45) is 5.41 Å². The summed E-state index contributed by atoms with van der Waals surface area (Å²) in [5.41, 5.74) is -1.58. The van der Waals surface area contributed by atoms with Crippen molar-refractivity contribution in [1.82, 2.24) is 0 Å². The molecular formula is C11H20O7S2. The van der Waals surface area contributed by atoms with Gasteiger partial charge in [0.2, 0.25) is 0 Å². The lowest BCUT2D eigenvalue weighted by Crippen LogP contribution is -2.39. The zero-order chi connectivity index (χ0) is 16.2. The Balaban J connectivity index is 4.86. The van der Waals surface area contributed by atoms with Gasteiger partial charge >= 0.3 is 5.97 Å². The molecule has 0 fully saturated rings. The molecule has 20 heavy (non-hydrogen) atoms. The zero-order valence-electron chi connectivity index (χ0n) is 12.0. The molecule has 0 aromatic rings. The summed E-state index contributed by atoms with van der Waals surface area (Å²) in [6, 6.07) is 0. The van der Waals surface area contributed by atoms with E-state index in [0.717, 1.165) is 6.26 Å². The van der Waals surface area contributed by atoms with Crippen LogP contribution in [0.3, 0.4) is 0 Å². The lowest BCUT2D eigenvalue weighted by molar-refractivity contribution is -0.157. The third-order valence-electron chi connectivity index (χ3n) is 2.60. The van der Waals surface area contributed by atoms with Crippen molar-refractivity contribution in [1.29, 1.82) is 0 Å². The van der Waals surface area contributed by atoms with Gasteiger partial charge in [-0.1, -0.05) is 0 Å². The van der Waals surface area contributed by atoms with Crippen LogP contribution in [-0.2, 0) is 34.0 Å². The fourth-order valence-electron chi connectivity index (χ4n) is 1.16. The Kier molecular flexibility index (Phi) is 6.34. The Labute approximate surface area is 119 Å². The summed E-state index contributed by atoms with van der Waals surface area (Å²) in [5, 5.41) is 0. The number of ketones is 1. The highest BCUT2D eigenvalue weighted by molar-refractivity contribution is 7.95. The molecule has 0 saturated heterocycles. The highest BCUT2D eigenvalue weighted by Gasteiger charge is 2.39. The Morgan fingerprint density at radius 3 is 1.95 bits per heavy atom. The molecular weight excluding hydrogens is 308 g/mol. The molecule has 0 rings (SSSR count). The minimum Gasteiger partial charge on any atom is -0.465 e. The summed E-state index contributed by atoms with van der Waals surface area (Å²) in [4.78, 5) is 23.5. The summed E-state index contributed by atoms with van der Waals surface area (Å²) in [7, 11) is -7.32. The molecule has 0 amide bonds. The standard InChI is InChI=1S/C11H20O7S2/c1-5-18-10(13)11(2,3)9(12)8-20(16,17)7-6-19(4,14)15/h5-8H2,1-4H3. The van der Waals surface area contributed by atoms with Crippen molar-refractivity contribution in [2.75, 3.05) is 30.1 Å². The molecule has 0 N–H and O–H groups in total. The number of hydrogen-bond acceptors (Lipinski definition) is 7. The Hall–Kier alpha value is -0.960. The van der Waals surface area contributed by atoms with Crippen LogP contribution in [-0.4, -0.2) is 58.7 Å². The van der Waals surface area contributed by atoms with Crippen LogP contribution in [0.15, 0.2) is 0 Å². The van der Waals surface area contributed by atoms with Gasteiger partial charge in [-0.3, -0.25) is 9.59 Å². The van der Waals surface area contributed by atoms with Gasteiger partial charge in [-0.05, 0) is 20.8 Å². The SMILES string of the molecule is CCOC(=O)C(C)(C)C(=O)CS(=O)(=O)CCS(C)(=O)=O. The van der Waals surface area contributed by atoms with Crippen molar-refractivity contribution in [3.05, 3.63) is 0 Å². The largest absolute Gasteiger partial charge is 0.465 e. The van der Waals surface area contributed by atoms with Crippen molar-refractivity contribution >= 4 is 31.4 Å². The molecule has 0 aromatic heterocycles. The van der Waals surface area contributed by atoms with Gasteiger partial charge in [0.1, 0.15) is 21.0 Å². The third-order valence-corrected chi connectivity index (χ3v) is 5.33. The van der Waals surface area contributed by atoms with Crippen LogP contribution in [0.1, 0.15) is 20.8 Å². The molecule has 0 aliphatic heterocycles. The van der Waals surface area contributed by atoms with E-state index in [-0.39, 0.29) is 6.61 Å². The summed E-state index contributed by atoms with van der Waals surface area (Å²) in [6.45, 7) is 4.20. The minimum absolute atomic E-state index is 0.0797. The third kappa shape index (κ3) is 6.47. The Morgan fingerprint density at radius 2 is 1.55 bits per heavy atom. The van der Waals surface area contributed by atoms with Crippen LogP contribution < -0.4 is 0 Å². The second-order valence-electron chi connectivity index (χ2n) is 4.99. The van der Waals surface area contributed by atoms with E-state index in [1.165, 1.54) is 13.8 Å². The van der Waals surface area contributed by atoms with Gasteiger partial charge in [0.05, 0.1) is 18.1 Å². The van der Waals surface area contributed by atoms with Crippen molar-refractivity contribution in [3.8, 4) is 0 Å². The monoisotopic (exact) mass is 328 g/mol. The van der Waals surface area contributed by atoms with Gasteiger partial charge in [0.15, 0.2) is 15.6 Å². The maximum atomic E-state index is 11.9. The number of carbonyl (C=O) groups excluding carboxylic acids is 2. The van der Waals surface area contributed by atoms with E-state index in [1.807, 2.05) is 0 Å². The van der Waals surface area contributed by atoms with Gasteiger partial charge in [-0.15, -0.1) is 0 Å². The molecule has 9 heteroatoms. The normalized spacial score (nSPS) is 13.0. The minimum atomic E-state index is -3.88. The Bertz CT molecular complexity index is 570. The van der Waals surface area contributed by atoms with Crippen LogP contribution in [0.25, 0.3) is 0 Å². The second-order valence-corrected chi connectivity index (χ2v) is 9.43. The summed E-state index contributed by atoms with van der Waals surface area (Å²) < 4.78 is 49.9. The van der Waals surface area contributed by atoms with E-state index in [9.17, 15) is 26.4 Å². The van der Waals surface area contributed by atoms with E-state index in [0.29, 0.717) is 0 Å². The average Bonchev–Trinajstić information content (AvgIpc) is 2.25. The molecule has 0 aliphatic rings. The van der Waals surface area contributed by atoms with Crippen LogP contribution in [0.2, 0.25) is 0 Å². The van der Waals surface area contributed by atoms with Crippen molar-refractivity contribution in [3.63, 3.8) is 0 Å². The van der Waals surface area contributed by atoms with Gasteiger partial charge in [0.25, 0.3) is 0 Å². The van der Waals surface area contributed by atoms with E-state index < -0.39 is 54.1 Å². The molecule has 0 radical (unpaired) electrons. The number of Topliss-reactive ketones (excluding diaryl/α,β-unsaturated/α-hetero) is 1. The van der Waals surface area contributed by atoms with Crippen LogP contribution in [0.5, 0.6) is 0 Å². The predicted molar refractivity (Wildman–Crippen MR) is 73.8 cm³/mol. The first-order valence-electron chi connectivity index (χ1n) is 5.90. The first-order chi connectivity index (χ1) is 8.82. The molecule has 118 valence electrons. The highest BCUT2D eigenvalue weighted by Crippen LogP contribution is 2.20. The molecule has 0 aromatic carbocycles. The highest BCUT2D eigenvalue weighted by atomic mass is 32.2. The fraction of sp³-hybridized carbons (Fsp3) is 0.818. The van der Waals surface area contributed by atoms with Crippen molar-refractivity contribution < 1.29 is 31.2 Å². The lowest BCUT2D eigenvalue weighted by Gasteiger charge is -2.20. The number of carbonyl (C=O) groups is 2. The first kappa shape index (κ1) is 19.0. The number of hydrogen-bond donors (Lipinski definition) is 0. The van der Waals surface area contributed by atoms with E-state index in [2.05, 4.69) is 0 Å². The van der Waals surface area contributed by atoms with Crippen molar-refractivity contribution in [2.45, 2.75) is 20.8 Å². The lowest BCUT2D eigenvalue weighted by atomic mass is 9.89. The van der Waals surface area contributed by atoms with Crippen LogP contribution in [0.4, 0.5) is 0 Å². The van der Waals surface area contributed by atoms with E-state index in [4.69, 9.17) is 4.74 Å². The quantitative estimate of drug-likeness (QED) is 0.440. The van der Waals surface area contributed by atoms with E-state index >= 15 is 0 Å². The second kappa shape index (κ2) is 6.66. The average molecular weight is 328 g/mol. The summed E-state index contributed by atoms with van der Waals surface area (Å²) in [6.07, 6.45) is 0.910. The van der Waals surface area contributed by atoms with Crippen LogP contribution in [0, 0.1) is 5.41 Å².